The van der Waals surface area contributed by atoms with Crippen molar-refractivity contribution in [2.24, 2.45) is 23.2 Å². The molecule has 0 N–H and O–H groups in total. The topological polar surface area (TPSA) is 26.3 Å². The van der Waals surface area contributed by atoms with E-state index in [2.05, 4.69) is 27.7 Å². The van der Waals surface area contributed by atoms with Crippen LogP contribution in [0.15, 0.2) is 0 Å². The molecule has 2 atom stereocenters. The monoisotopic (exact) mass is 252 g/mol. The fraction of sp³-hybridized carbons (Fsp3) is 0.938. The number of rotatable bonds is 3. The molecule has 0 amide bonds. The second kappa shape index (κ2) is 4.54. The number of carbonyl (C=O) groups is 1. The first-order valence-corrected chi connectivity index (χ1v) is 7.50. The molecular formula is C16H28O2. The van der Waals surface area contributed by atoms with Crippen LogP contribution in [0.4, 0.5) is 0 Å². The maximum Gasteiger partial charge on any atom is 0.312 e. The molecule has 0 radical (unpaired) electrons. The first kappa shape index (κ1) is 13.9. The Morgan fingerprint density at radius 1 is 1.22 bits per heavy atom. The zero-order chi connectivity index (χ0) is 13.6. The highest BCUT2D eigenvalue weighted by atomic mass is 16.6. The van der Waals surface area contributed by atoms with Gasteiger partial charge in [-0.2, -0.15) is 0 Å². The van der Waals surface area contributed by atoms with Gasteiger partial charge in [0.1, 0.15) is 5.60 Å². The van der Waals surface area contributed by atoms with E-state index in [0.29, 0.717) is 5.92 Å². The standard InChI is InChI=1S/C16H28O2/c1-11(2)13-6-8-15(4,9-7-13)18-14(17)16(5)10-12(16)3/h11-13H,6-10H2,1-5H3. The highest BCUT2D eigenvalue weighted by molar-refractivity contribution is 5.80. The van der Waals surface area contributed by atoms with Crippen molar-refractivity contribution in [3.63, 3.8) is 0 Å². The summed E-state index contributed by atoms with van der Waals surface area (Å²) in [5.74, 6) is 2.11. The first-order valence-electron chi connectivity index (χ1n) is 7.50. The van der Waals surface area contributed by atoms with Crippen molar-refractivity contribution < 1.29 is 9.53 Å². The van der Waals surface area contributed by atoms with E-state index in [1.165, 1.54) is 12.8 Å². The van der Waals surface area contributed by atoms with E-state index in [-0.39, 0.29) is 17.0 Å². The lowest BCUT2D eigenvalue weighted by Gasteiger charge is -2.39. The van der Waals surface area contributed by atoms with E-state index in [9.17, 15) is 4.79 Å². The Hall–Kier alpha value is -0.530. The van der Waals surface area contributed by atoms with Gasteiger partial charge in [-0.15, -0.1) is 0 Å². The summed E-state index contributed by atoms with van der Waals surface area (Å²) in [6.45, 7) is 10.9. The summed E-state index contributed by atoms with van der Waals surface area (Å²) in [7, 11) is 0. The summed E-state index contributed by atoms with van der Waals surface area (Å²) in [6, 6.07) is 0. The van der Waals surface area contributed by atoms with Crippen molar-refractivity contribution in [2.45, 2.75) is 72.3 Å². The van der Waals surface area contributed by atoms with Gasteiger partial charge in [-0.1, -0.05) is 20.8 Å². The van der Waals surface area contributed by atoms with Crippen molar-refractivity contribution in [1.82, 2.24) is 0 Å². The highest BCUT2D eigenvalue weighted by Gasteiger charge is 2.55. The van der Waals surface area contributed by atoms with E-state index < -0.39 is 0 Å². The molecule has 0 aromatic heterocycles. The molecule has 18 heavy (non-hydrogen) atoms. The molecule has 0 aromatic rings. The smallest absolute Gasteiger partial charge is 0.312 e. The third-order valence-electron chi connectivity index (χ3n) is 5.49. The van der Waals surface area contributed by atoms with Crippen LogP contribution in [0.2, 0.25) is 0 Å². The molecule has 2 rings (SSSR count). The summed E-state index contributed by atoms with van der Waals surface area (Å²) in [6.07, 6.45) is 5.47. The van der Waals surface area contributed by atoms with Crippen molar-refractivity contribution in [3.05, 3.63) is 0 Å². The number of hydrogen-bond acceptors (Lipinski definition) is 2. The zero-order valence-electron chi connectivity index (χ0n) is 12.6. The van der Waals surface area contributed by atoms with Crippen molar-refractivity contribution in [2.75, 3.05) is 0 Å². The SMILES string of the molecule is CC(C)C1CCC(C)(OC(=O)C2(C)CC2C)CC1. The van der Waals surface area contributed by atoms with Gasteiger partial charge < -0.3 is 4.74 Å². The lowest BCUT2D eigenvalue weighted by Crippen LogP contribution is -2.39. The van der Waals surface area contributed by atoms with Crippen LogP contribution in [-0.2, 0) is 9.53 Å². The molecule has 2 saturated carbocycles. The molecule has 2 unspecified atom stereocenters. The number of carbonyl (C=O) groups excluding carboxylic acids is 1. The van der Waals surface area contributed by atoms with E-state index in [1.807, 2.05) is 6.92 Å². The van der Waals surface area contributed by atoms with Gasteiger partial charge in [0.15, 0.2) is 0 Å². The van der Waals surface area contributed by atoms with Crippen LogP contribution in [0.5, 0.6) is 0 Å². The van der Waals surface area contributed by atoms with Crippen LogP contribution in [0.3, 0.4) is 0 Å². The minimum absolute atomic E-state index is 0.0421. The Bertz CT molecular complexity index is 326. The van der Waals surface area contributed by atoms with Crippen LogP contribution < -0.4 is 0 Å². The second-order valence-corrected chi connectivity index (χ2v) is 7.44. The van der Waals surface area contributed by atoms with Crippen LogP contribution >= 0.6 is 0 Å². The molecule has 104 valence electrons. The van der Waals surface area contributed by atoms with Crippen LogP contribution in [0.25, 0.3) is 0 Å². The van der Waals surface area contributed by atoms with Gasteiger partial charge in [-0.05, 0) is 63.7 Å². The third-order valence-corrected chi connectivity index (χ3v) is 5.49. The van der Waals surface area contributed by atoms with Gasteiger partial charge in [0.2, 0.25) is 0 Å². The van der Waals surface area contributed by atoms with E-state index >= 15 is 0 Å². The Labute approximate surface area is 111 Å². The lowest BCUT2D eigenvalue weighted by molar-refractivity contribution is -0.169. The van der Waals surface area contributed by atoms with E-state index in [0.717, 1.165) is 31.1 Å². The molecule has 0 bridgehead atoms. The van der Waals surface area contributed by atoms with Gasteiger partial charge in [0, 0.05) is 0 Å². The first-order chi connectivity index (χ1) is 8.27. The Morgan fingerprint density at radius 3 is 2.11 bits per heavy atom. The van der Waals surface area contributed by atoms with Gasteiger partial charge >= 0.3 is 5.97 Å². The van der Waals surface area contributed by atoms with Crippen LogP contribution in [-0.4, -0.2) is 11.6 Å². The average Bonchev–Trinajstić information content (AvgIpc) is 2.88. The molecule has 0 aliphatic heterocycles. The fourth-order valence-corrected chi connectivity index (χ4v) is 3.22. The molecule has 2 nitrogen and oxygen atoms in total. The minimum atomic E-state index is -0.201. The summed E-state index contributed by atoms with van der Waals surface area (Å²) in [4.78, 5) is 12.2. The Balaban J connectivity index is 1.88. The minimum Gasteiger partial charge on any atom is -0.459 e. The predicted octanol–water partition coefficient (Wildman–Crippen LogP) is 4.18. The molecule has 0 heterocycles. The average molecular weight is 252 g/mol. The fourth-order valence-electron chi connectivity index (χ4n) is 3.22. The molecular weight excluding hydrogens is 224 g/mol. The summed E-state index contributed by atoms with van der Waals surface area (Å²) < 4.78 is 5.87. The second-order valence-electron chi connectivity index (χ2n) is 7.44. The number of esters is 1. The highest BCUT2D eigenvalue weighted by Crippen LogP contribution is 2.53. The molecule has 0 spiro atoms. The molecule has 2 aliphatic rings. The summed E-state index contributed by atoms with van der Waals surface area (Å²) >= 11 is 0. The Kier molecular flexibility index (Phi) is 3.50. The largest absolute Gasteiger partial charge is 0.459 e. The van der Waals surface area contributed by atoms with Crippen molar-refractivity contribution in [3.8, 4) is 0 Å². The van der Waals surface area contributed by atoms with Crippen molar-refractivity contribution in [1.29, 1.82) is 0 Å². The molecule has 0 aromatic carbocycles. The van der Waals surface area contributed by atoms with E-state index in [4.69, 9.17) is 4.74 Å². The summed E-state index contributed by atoms with van der Waals surface area (Å²) in [5.41, 5.74) is -0.383. The maximum absolute atomic E-state index is 12.2. The predicted molar refractivity (Wildman–Crippen MR) is 73.2 cm³/mol. The molecule has 2 aliphatic carbocycles. The van der Waals surface area contributed by atoms with Gasteiger partial charge in [-0.25, -0.2) is 0 Å². The van der Waals surface area contributed by atoms with Crippen LogP contribution in [0.1, 0.15) is 66.7 Å². The molecule has 2 heteroatoms. The third kappa shape index (κ3) is 2.57. The summed E-state index contributed by atoms with van der Waals surface area (Å²) in [5, 5.41) is 0. The van der Waals surface area contributed by atoms with E-state index in [1.54, 1.807) is 0 Å². The zero-order valence-corrected chi connectivity index (χ0v) is 12.6. The maximum atomic E-state index is 12.2. The number of hydrogen-bond donors (Lipinski definition) is 0. The van der Waals surface area contributed by atoms with Gasteiger partial charge in [0.25, 0.3) is 0 Å². The molecule has 0 saturated heterocycles. The van der Waals surface area contributed by atoms with Gasteiger partial charge in [0.05, 0.1) is 5.41 Å². The normalized spacial score (nSPS) is 43.9. The Morgan fingerprint density at radius 2 is 1.72 bits per heavy atom. The molecule has 2 fully saturated rings. The quantitative estimate of drug-likeness (QED) is 0.704. The van der Waals surface area contributed by atoms with Crippen molar-refractivity contribution >= 4 is 5.97 Å². The van der Waals surface area contributed by atoms with Crippen LogP contribution in [0, 0.1) is 23.2 Å². The van der Waals surface area contributed by atoms with Gasteiger partial charge in [-0.3, -0.25) is 4.79 Å². The number of ether oxygens (including phenoxy) is 1. The lowest BCUT2D eigenvalue weighted by atomic mass is 9.75.